The number of aryl methyl sites for hydroxylation is 2. The van der Waals surface area contributed by atoms with Gasteiger partial charge in [-0.3, -0.25) is 0 Å². The van der Waals surface area contributed by atoms with Gasteiger partial charge in [0.15, 0.2) is 0 Å². The minimum absolute atomic E-state index is 0.310. The zero-order chi connectivity index (χ0) is 32.2. The Balaban J connectivity index is 1.02. The van der Waals surface area contributed by atoms with Crippen molar-refractivity contribution in [3.63, 3.8) is 0 Å². The zero-order valence-corrected chi connectivity index (χ0v) is 27.4. The van der Waals surface area contributed by atoms with Crippen LogP contribution >= 0.6 is 7.14 Å². The fourth-order valence-electron chi connectivity index (χ4n) is 5.53. The molecule has 0 unspecified atom stereocenters. The molecule has 0 fully saturated rings. The van der Waals surface area contributed by atoms with Crippen LogP contribution in [0.1, 0.15) is 35.1 Å². The van der Waals surface area contributed by atoms with Crippen LogP contribution in [0.15, 0.2) is 127 Å². The molecule has 46 heavy (non-hydrogen) atoms. The molecule has 0 aliphatic rings. The van der Waals surface area contributed by atoms with Gasteiger partial charge in [0.2, 0.25) is 0 Å². The van der Waals surface area contributed by atoms with Crippen LogP contribution in [0.3, 0.4) is 0 Å². The van der Waals surface area contributed by atoms with E-state index in [1.54, 1.807) is 0 Å². The van der Waals surface area contributed by atoms with Crippen LogP contribution in [-0.4, -0.2) is 18.8 Å². The van der Waals surface area contributed by atoms with E-state index >= 15 is 0 Å². The minimum Gasteiger partial charge on any atom is -0.494 e. The molecule has 7 heteroatoms. The summed E-state index contributed by atoms with van der Waals surface area (Å²) in [5.74, 6) is 0.724. The first-order valence-electron chi connectivity index (χ1n) is 15.8. The molecule has 0 saturated heterocycles. The van der Waals surface area contributed by atoms with E-state index in [0.29, 0.717) is 18.5 Å². The normalized spacial score (nSPS) is 11.2. The van der Waals surface area contributed by atoms with Gasteiger partial charge < -0.3 is 25.3 Å². The molecule has 6 nitrogen and oxygen atoms in total. The number of carbonyl (C=O) groups is 1. The number of urea groups is 1. The Bertz CT molecular complexity index is 1680. The highest BCUT2D eigenvalue weighted by Gasteiger charge is 2.26. The van der Waals surface area contributed by atoms with Crippen molar-refractivity contribution >= 4 is 35.2 Å². The van der Waals surface area contributed by atoms with E-state index in [1.807, 2.05) is 109 Å². The second kappa shape index (κ2) is 16.1. The zero-order valence-electron chi connectivity index (χ0n) is 26.5. The van der Waals surface area contributed by atoms with Gasteiger partial charge in [0.05, 0.1) is 6.61 Å². The van der Waals surface area contributed by atoms with E-state index < -0.39 is 7.14 Å². The Morgan fingerprint density at radius 2 is 1.15 bits per heavy atom. The Morgan fingerprint density at radius 1 is 0.630 bits per heavy atom. The van der Waals surface area contributed by atoms with Gasteiger partial charge in [-0.05, 0) is 74.2 Å². The summed E-state index contributed by atoms with van der Waals surface area (Å²) in [5.41, 5.74) is 6.36. The summed E-state index contributed by atoms with van der Waals surface area (Å²) in [6, 6.07) is 41.0. The average Bonchev–Trinajstić information content (AvgIpc) is 3.06. The molecule has 0 spiro atoms. The molecule has 0 saturated carbocycles. The monoisotopic (exact) mass is 631 g/mol. The molecule has 5 aromatic carbocycles. The molecular weight excluding hydrogens is 589 g/mol. The summed E-state index contributed by atoms with van der Waals surface area (Å²) < 4.78 is 20.1. The van der Waals surface area contributed by atoms with Crippen molar-refractivity contribution in [2.45, 2.75) is 39.8 Å². The second-order valence-electron chi connectivity index (χ2n) is 11.6. The number of amides is 2. The van der Waals surface area contributed by atoms with Gasteiger partial charge in [0.1, 0.15) is 12.9 Å². The molecule has 0 aliphatic heterocycles. The number of hydrogen-bond donors (Lipinski definition) is 3. The van der Waals surface area contributed by atoms with Crippen molar-refractivity contribution in [2.24, 2.45) is 0 Å². The molecule has 5 aromatic rings. The number of ether oxygens (including phenoxy) is 1. The van der Waals surface area contributed by atoms with Gasteiger partial charge in [0, 0.05) is 41.2 Å². The van der Waals surface area contributed by atoms with E-state index in [9.17, 15) is 9.36 Å². The summed E-state index contributed by atoms with van der Waals surface area (Å²) >= 11 is 0. The van der Waals surface area contributed by atoms with E-state index in [2.05, 4.69) is 48.0 Å². The van der Waals surface area contributed by atoms with Gasteiger partial charge in [-0.1, -0.05) is 102 Å². The predicted molar refractivity (Wildman–Crippen MR) is 191 cm³/mol. The fraction of sp³-hybridized carbons (Fsp3) is 0.205. The number of hydrogen-bond acceptors (Lipinski definition) is 4. The standard InChI is InChI=1S/C39H42N3O3P/c1-30-25-31(2)27-33(26-30)29-40-28-32-15-17-34(18-16-32)41-39(43)42-35-19-21-36(22-20-35)45-23-9-10-24-46(44,37-11-5-3-6-12-37)38-13-7-4-8-14-38/h3-8,11-22,25-27,40H,9-10,23-24,28-29H2,1-2H3,(H2,41,42,43). The molecule has 0 atom stereocenters. The Labute approximate surface area is 272 Å². The quantitative estimate of drug-likeness (QED) is 0.0850. The van der Waals surface area contributed by atoms with Gasteiger partial charge >= 0.3 is 6.03 Å². The maximum Gasteiger partial charge on any atom is 0.323 e. The van der Waals surface area contributed by atoms with E-state index in [0.717, 1.165) is 53.5 Å². The Kier molecular flexibility index (Phi) is 11.4. The van der Waals surface area contributed by atoms with Crippen LogP contribution in [0.4, 0.5) is 16.2 Å². The fourth-order valence-corrected chi connectivity index (χ4v) is 8.32. The predicted octanol–water partition coefficient (Wildman–Crippen LogP) is 8.41. The summed E-state index contributed by atoms with van der Waals surface area (Å²) in [4.78, 5) is 12.6. The molecule has 236 valence electrons. The number of benzene rings is 5. The largest absolute Gasteiger partial charge is 0.494 e. The van der Waals surface area contributed by atoms with E-state index in [4.69, 9.17) is 4.74 Å². The van der Waals surface area contributed by atoms with Crippen molar-refractivity contribution in [1.29, 1.82) is 0 Å². The van der Waals surface area contributed by atoms with Crippen LogP contribution in [-0.2, 0) is 17.7 Å². The maximum atomic E-state index is 14.1. The third-order valence-corrected chi connectivity index (χ3v) is 11.0. The van der Waals surface area contributed by atoms with Crippen LogP contribution in [0.25, 0.3) is 0 Å². The molecule has 0 radical (unpaired) electrons. The van der Waals surface area contributed by atoms with Crippen LogP contribution in [0.5, 0.6) is 5.75 Å². The SMILES string of the molecule is Cc1cc(C)cc(CNCc2ccc(NC(=O)Nc3ccc(OCCCCP(=O)(c4ccccc4)c4ccccc4)cc3)cc2)c1. The first-order chi connectivity index (χ1) is 22.4. The molecular formula is C39H42N3O3P. The van der Waals surface area contributed by atoms with Gasteiger partial charge in [-0.25, -0.2) is 4.79 Å². The van der Waals surface area contributed by atoms with Crippen LogP contribution in [0.2, 0.25) is 0 Å². The van der Waals surface area contributed by atoms with Crippen LogP contribution in [0, 0.1) is 13.8 Å². The maximum absolute atomic E-state index is 14.1. The number of carbonyl (C=O) groups excluding carboxylic acids is 1. The summed E-state index contributed by atoms with van der Waals surface area (Å²) in [6.45, 7) is 6.31. The topological polar surface area (TPSA) is 79.5 Å². The lowest BCUT2D eigenvalue weighted by Gasteiger charge is -2.19. The highest BCUT2D eigenvalue weighted by molar-refractivity contribution is 7.78. The first-order valence-corrected chi connectivity index (χ1v) is 17.6. The minimum atomic E-state index is -2.71. The van der Waals surface area contributed by atoms with Gasteiger partial charge in [0.25, 0.3) is 0 Å². The molecule has 3 N–H and O–H groups in total. The highest BCUT2D eigenvalue weighted by Crippen LogP contribution is 2.44. The van der Waals surface area contributed by atoms with Crippen molar-refractivity contribution in [2.75, 3.05) is 23.4 Å². The summed E-state index contributed by atoms with van der Waals surface area (Å²) in [6.07, 6.45) is 2.16. The molecule has 0 heterocycles. The molecule has 2 amide bonds. The van der Waals surface area contributed by atoms with Crippen molar-refractivity contribution in [3.8, 4) is 5.75 Å². The van der Waals surface area contributed by atoms with Gasteiger partial charge in [-0.15, -0.1) is 0 Å². The van der Waals surface area contributed by atoms with Crippen LogP contribution < -0.4 is 31.3 Å². The Hall–Kier alpha value is -4.64. The molecule has 5 rings (SSSR count). The summed E-state index contributed by atoms with van der Waals surface area (Å²) in [7, 11) is -2.71. The van der Waals surface area contributed by atoms with E-state index in [-0.39, 0.29) is 6.03 Å². The number of anilines is 2. The Morgan fingerprint density at radius 3 is 1.72 bits per heavy atom. The lowest BCUT2D eigenvalue weighted by Crippen LogP contribution is -2.19. The number of unbranched alkanes of at least 4 members (excludes halogenated alkanes) is 1. The highest BCUT2D eigenvalue weighted by atomic mass is 31.2. The molecule has 0 aliphatic carbocycles. The molecule has 0 bridgehead atoms. The summed E-state index contributed by atoms with van der Waals surface area (Å²) in [5, 5.41) is 11.0. The number of rotatable bonds is 14. The van der Waals surface area contributed by atoms with E-state index in [1.165, 1.54) is 16.7 Å². The molecule has 0 aromatic heterocycles. The smallest absolute Gasteiger partial charge is 0.323 e. The number of nitrogens with one attached hydrogen (secondary N) is 3. The van der Waals surface area contributed by atoms with Crippen molar-refractivity contribution in [1.82, 2.24) is 5.32 Å². The van der Waals surface area contributed by atoms with Crippen molar-refractivity contribution in [3.05, 3.63) is 150 Å². The lowest BCUT2D eigenvalue weighted by molar-refractivity contribution is 0.262. The van der Waals surface area contributed by atoms with Gasteiger partial charge in [-0.2, -0.15) is 0 Å². The second-order valence-corrected chi connectivity index (χ2v) is 14.5. The third-order valence-electron chi connectivity index (χ3n) is 7.75. The average molecular weight is 632 g/mol. The third kappa shape index (κ3) is 9.43. The lowest BCUT2D eigenvalue weighted by atomic mass is 10.1. The van der Waals surface area contributed by atoms with Crippen molar-refractivity contribution < 1.29 is 14.1 Å². The first kappa shape index (κ1) is 32.7.